The minimum atomic E-state index is -1.05. The number of nitrogens with two attached hydrogens (primary N) is 1. The molecule has 1 saturated heterocycles. The molecule has 4 unspecified atom stereocenters. The number of nitrogens with one attached hydrogen (secondary N) is 2. The third-order valence-electron chi connectivity index (χ3n) is 6.38. The highest BCUT2D eigenvalue weighted by atomic mass is 33.1. The maximum Gasteiger partial charge on any atom is 0.326 e. The van der Waals surface area contributed by atoms with Crippen molar-refractivity contribution in [1.82, 2.24) is 15.5 Å². The Labute approximate surface area is 209 Å². The van der Waals surface area contributed by atoms with E-state index < -0.39 is 34.7 Å². The zero-order valence-electron chi connectivity index (χ0n) is 20.1. The van der Waals surface area contributed by atoms with E-state index in [0.29, 0.717) is 32.4 Å². The first-order chi connectivity index (χ1) is 16.1. The van der Waals surface area contributed by atoms with E-state index in [0.717, 1.165) is 23.3 Å². The zero-order chi connectivity index (χ0) is 24.9. The first kappa shape index (κ1) is 26.8. The fourth-order valence-electron chi connectivity index (χ4n) is 4.37. The number of carboxylic acid groups (broad SMARTS) is 1. The van der Waals surface area contributed by atoms with Gasteiger partial charge in [0.25, 0.3) is 0 Å². The number of unbranched alkanes of at least 4 members (excludes halogenated alkanes) is 1. The number of aliphatic carboxylic acids is 1. The van der Waals surface area contributed by atoms with Crippen molar-refractivity contribution in [2.45, 2.75) is 81.9 Å². The van der Waals surface area contributed by atoms with Gasteiger partial charge >= 0.3 is 5.97 Å². The lowest BCUT2D eigenvalue weighted by Gasteiger charge is -2.42. The molecule has 10 heteroatoms. The van der Waals surface area contributed by atoms with Crippen molar-refractivity contribution in [1.29, 1.82) is 0 Å². The smallest absolute Gasteiger partial charge is 0.326 e. The lowest BCUT2D eigenvalue weighted by Crippen LogP contribution is -2.63. The standard InChI is InChI=1S/C24H36N4O4S2/c1-4-5-10-18(23(31)32)27-21(29)19-11-15-8-6-7-9-16(15)13-28(19)22(30)20-24(2,3)34-33-14-17(25)12-26-20/h6-9,17-20,26H,4-5,10-14,25H2,1-3H3,(H,27,29)(H,31,32). The van der Waals surface area contributed by atoms with E-state index in [9.17, 15) is 19.5 Å². The normalized spacial score (nSPS) is 25.4. The summed E-state index contributed by atoms with van der Waals surface area (Å²) in [5.74, 6) is -0.851. The molecule has 0 aromatic heterocycles. The maximum atomic E-state index is 14.0. The second-order valence-corrected chi connectivity index (χ2v) is 12.6. The monoisotopic (exact) mass is 508 g/mol. The molecular formula is C24H36N4O4S2. The van der Waals surface area contributed by atoms with Gasteiger partial charge in [-0.15, -0.1) is 0 Å². The summed E-state index contributed by atoms with van der Waals surface area (Å²) >= 11 is 0. The number of nitrogens with zero attached hydrogens (tertiary/aromatic N) is 1. The van der Waals surface area contributed by atoms with Crippen LogP contribution in [0.1, 0.15) is 51.2 Å². The highest BCUT2D eigenvalue weighted by Crippen LogP contribution is 2.40. The van der Waals surface area contributed by atoms with Gasteiger partial charge in [0.15, 0.2) is 0 Å². The number of fused-ring (bicyclic) bond motifs is 1. The number of rotatable bonds is 7. The molecule has 1 aromatic carbocycles. The van der Waals surface area contributed by atoms with Crippen LogP contribution in [0, 0.1) is 0 Å². The Morgan fingerprint density at radius 1 is 1.29 bits per heavy atom. The number of amides is 2. The number of carboxylic acids is 1. The first-order valence-electron chi connectivity index (χ1n) is 11.8. The Hall–Kier alpha value is -1.75. The van der Waals surface area contributed by atoms with Gasteiger partial charge in [-0.1, -0.05) is 65.6 Å². The lowest BCUT2D eigenvalue weighted by atomic mass is 9.91. The number of carbonyl (C=O) groups excluding carboxylic acids is 2. The molecule has 0 radical (unpaired) electrons. The quantitative estimate of drug-likeness (QED) is 0.413. The molecule has 188 valence electrons. The van der Waals surface area contributed by atoms with Crippen molar-refractivity contribution >= 4 is 39.4 Å². The van der Waals surface area contributed by atoms with Crippen LogP contribution in [0.5, 0.6) is 0 Å². The molecular weight excluding hydrogens is 472 g/mol. The predicted octanol–water partition coefficient (Wildman–Crippen LogP) is 2.16. The van der Waals surface area contributed by atoms with Crippen LogP contribution >= 0.6 is 21.6 Å². The van der Waals surface area contributed by atoms with Gasteiger partial charge in [0.05, 0.1) is 0 Å². The number of carbonyl (C=O) groups is 3. The summed E-state index contributed by atoms with van der Waals surface area (Å²) in [5.41, 5.74) is 8.16. The summed E-state index contributed by atoms with van der Waals surface area (Å²) < 4.78 is -0.426. The summed E-state index contributed by atoms with van der Waals surface area (Å²) in [6.07, 6.45) is 2.24. The predicted molar refractivity (Wildman–Crippen MR) is 137 cm³/mol. The van der Waals surface area contributed by atoms with E-state index in [-0.39, 0.29) is 11.9 Å². The molecule has 2 aliphatic rings. The van der Waals surface area contributed by atoms with Crippen molar-refractivity contribution in [2.75, 3.05) is 12.3 Å². The van der Waals surface area contributed by atoms with Gasteiger partial charge in [-0.2, -0.15) is 0 Å². The summed E-state index contributed by atoms with van der Waals surface area (Å²) in [6.45, 7) is 6.83. The lowest BCUT2D eigenvalue weighted by molar-refractivity contribution is -0.146. The first-order valence-corrected chi connectivity index (χ1v) is 14.2. The molecule has 3 rings (SSSR count). The summed E-state index contributed by atoms with van der Waals surface area (Å²) in [6, 6.07) is 5.43. The fraction of sp³-hybridized carbons (Fsp3) is 0.625. The van der Waals surface area contributed by atoms with Crippen molar-refractivity contribution in [3.8, 4) is 0 Å². The van der Waals surface area contributed by atoms with Crippen LogP contribution in [0.25, 0.3) is 0 Å². The van der Waals surface area contributed by atoms with Crippen molar-refractivity contribution < 1.29 is 19.5 Å². The Kier molecular flexibility index (Phi) is 9.31. The van der Waals surface area contributed by atoms with E-state index in [1.54, 1.807) is 26.5 Å². The largest absolute Gasteiger partial charge is 0.480 e. The van der Waals surface area contributed by atoms with Gasteiger partial charge in [0.1, 0.15) is 18.1 Å². The highest BCUT2D eigenvalue weighted by molar-refractivity contribution is 8.77. The number of benzene rings is 1. The second kappa shape index (κ2) is 11.8. The van der Waals surface area contributed by atoms with Crippen LogP contribution in [0.3, 0.4) is 0 Å². The van der Waals surface area contributed by atoms with E-state index in [1.165, 1.54) is 0 Å². The summed E-state index contributed by atoms with van der Waals surface area (Å²) in [7, 11) is 3.29. The Balaban J connectivity index is 1.89. The van der Waals surface area contributed by atoms with Crippen LogP contribution in [-0.4, -0.2) is 69.0 Å². The minimum Gasteiger partial charge on any atom is -0.480 e. The summed E-state index contributed by atoms with van der Waals surface area (Å²) in [5, 5.41) is 15.7. The molecule has 0 spiro atoms. The average Bonchev–Trinajstić information content (AvgIpc) is 2.79. The Morgan fingerprint density at radius 3 is 2.68 bits per heavy atom. The number of hydrogen-bond acceptors (Lipinski definition) is 7. The Bertz CT molecular complexity index is 897. The highest BCUT2D eigenvalue weighted by Gasteiger charge is 2.44. The zero-order valence-corrected chi connectivity index (χ0v) is 21.7. The van der Waals surface area contributed by atoms with Gasteiger partial charge in [-0.05, 0) is 31.4 Å². The van der Waals surface area contributed by atoms with Crippen LogP contribution in [-0.2, 0) is 27.3 Å². The van der Waals surface area contributed by atoms with Gasteiger partial charge in [-0.3, -0.25) is 9.59 Å². The molecule has 5 N–H and O–H groups in total. The number of hydrogen-bond donors (Lipinski definition) is 4. The van der Waals surface area contributed by atoms with Crippen LogP contribution in [0.2, 0.25) is 0 Å². The van der Waals surface area contributed by atoms with E-state index >= 15 is 0 Å². The summed E-state index contributed by atoms with van der Waals surface area (Å²) in [4.78, 5) is 40.7. The molecule has 0 aliphatic carbocycles. The van der Waals surface area contributed by atoms with Gasteiger partial charge in [0.2, 0.25) is 11.8 Å². The molecule has 0 saturated carbocycles. The molecule has 2 amide bonds. The molecule has 2 aliphatic heterocycles. The van der Waals surface area contributed by atoms with Crippen molar-refractivity contribution in [2.24, 2.45) is 5.73 Å². The van der Waals surface area contributed by atoms with Gasteiger partial charge in [-0.25, -0.2) is 4.79 Å². The van der Waals surface area contributed by atoms with E-state index in [2.05, 4.69) is 10.6 Å². The van der Waals surface area contributed by atoms with Gasteiger partial charge in [0, 0.05) is 36.1 Å². The van der Waals surface area contributed by atoms with E-state index in [4.69, 9.17) is 5.73 Å². The topological polar surface area (TPSA) is 125 Å². The molecule has 4 atom stereocenters. The van der Waals surface area contributed by atoms with Crippen molar-refractivity contribution in [3.05, 3.63) is 35.4 Å². The Morgan fingerprint density at radius 2 is 2.00 bits per heavy atom. The molecule has 34 heavy (non-hydrogen) atoms. The van der Waals surface area contributed by atoms with Crippen LogP contribution in [0.15, 0.2) is 24.3 Å². The second-order valence-electron chi connectivity index (χ2n) is 9.57. The fourth-order valence-corrected chi connectivity index (χ4v) is 7.24. The molecule has 2 heterocycles. The third-order valence-corrected chi connectivity index (χ3v) is 9.78. The molecule has 1 aromatic rings. The molecule has 1 fully saturated rings. The van der Waals surface area contributed by atoms with E-state index in [1.807, 2.05) is 45.0 Å². The maximum absolute atomic E-state index is 14.0. The van der Waals surface area contributed by atoms with Crippen LogP contribution in [0.4, 0.5) is 0 Å². The van der Waals surface area contributed by atoms with Gasteiger partial charge < -0.3 is 26.4 Å². The average molecular weight is 509 g/mol. The third kappa shape index (κ3) is 6.47. The molecule has 0 bridgehead atoms. The SMILES string of the molecule is CCCCC(NC(=O)C1Cc2ccccc2CN1C(=O)C1NCC(N)CSSC1(C)C)C(=O)O. The molecule has 8 nitrogen and oxygen atoms in total. The van der Waals surface area contributed by atoms with Crippen LogP contribution < -0.4 is 16.4 Å². The van der Waals surface area contributed by atoms with Crippen molar-refractivity contribution in [3.63, 3.8) is 0 Å². The minimum absolute atomic E-state index is 0.0695.